The molecule has 60 valence electrons. The van der Waals surface area contributed by atoms with Crippen molar-refractivity contribution in [2.45, 2.75) is 6.42 Å². The van der Waals surface area contributed by atoms with Gasteiger partial charge < -0.3 is 5.73 Å². The van der Waals surface area contributed by atoms with Crippen molar-refractivity contribution in [2.75, 3.05) is 6.54 Å². The summed E-state index contributed by atoms with van der Waals surface area (Å²) in [5.74, 6) is 0. The lowest BCUT2D eigenvalue weighted by Gasteiger charge is -2.03. The molecule has 0 spiro atoms. The van der Waals surface area contributed by atoms with E-state index in [9.17, 15) is 0 Å². The summed E-state index contributed by atoms with van der Waals surface area (Å²) in [5.41, 5.74) is 6.72. The molecule has 0 aromatic heterocycles. The summed E-state index contributed by atoms with van der Waals surface area (Å²) < 4.78 is 0. The molecular formula is C8H11ClNP. The third-order valence-electron chi connectivity index (χ3n) is 1.53. The van der Waals surface area contributed by atoms with E-state index in [1.807, 2.05) is 12.1 Å². The number of hydrogen-bond acceptors (Lipinski definition) is 1. The molecule has 0 bridgehead atoms. The van der Waals surface area contributed by atoms with Gasteiger partial charge in [-0.2, -0.15) is 0 Å². The number of rotatable bonds is 3. The van der Waals surface area contributed by atoms with Crippen molar-refractivity contribution in [3.63, 3.8) is 0 Å². The van der Waals surface area contributed by atoms with E-state index in [0.29, 0.717) is 14.5 Å². The molecule has 1 aromatic carbocycles. The molecule has 0 saturated carbocycles. The minimum Gasteiger partial charge on any atom is -0.330 e. The van der Waals surface area contributed by atoms with Crippen molar-refractivity contribution >= 4 is 24.5 Å². The highest BCUT2D eigenvalue weighted by atomic mass is 35.7. The zero-order valence-corrected chi connectivity index (χ0v) is 7.93. The second-order valence-electron chi connectivity index (χ2n) is 2.29. The average molecular weight is 188 g/mol. The normalized spacial score (nSPS) is 11.1. The first-order valence-corrected chi connectivity index (χ1v) is 5.54. The topological polar surface area (TPSA) is 26.0 Å². The average Bonchev–Trinajstić information content (AvgIpc) is 2.06. The summed E-state index contributed by atoms with van der Waals surface area (Å²) in [4.78, 5) is 0. The Hall–Kier alpha value is -0.100. The van der Waals surface area contributed by atoms with E-state index in [1.54, 1.807) is 0 Å². The van der Waals surface area contributed by atoms with Crippen LogP contribution in [0.1, 0.15) is 5.56 Å². The maximum absolute atomic E-state index is 5.75. The lowest BCUT2D eigenvalue weighted by molar-refractivity contribution is 0.975. The second kappa shape index (κ2) is 4.71. The zero-order valence-electron chi connectivity index (χ0n) is 6.18. The van der Waals surface area contributed by atoms with Crippen LogP contribution in [0, 0.1) is 0 Å². The first kappa shape index (κ1) is 8.99. The molecule has 11 heavy (non-hydrogen) atoms. The van der Waals surface area contributed by atoms with Crippen LogP contribution in [0.5, 0.6) is 0 Å². The summed E-state index contributed by atoms with van der Waals surface area (Å²) in [6, 6.07) is 8.16. The first-order valence-electron chi connectivity index (χ1n) is 3.53. The lowest BCUT2D eigenvalue weighted by Crippen LogP contribution is -2.09. The fourth-order valence-electron chi connectivity index (χ4n) is 0.986. The van der Waals surface area contributed by atoms with Gasteiger partial charge in [-0.1, -0.05) is 35.5 Å². The van der Waals surface area contributed by atoms with Gasteiger partial charge in [-0.05, 0) is 23.8 Å². The number of benzene rings is 1. The molecule has 1 unspecified atom stereocenters. The third-order valence-corrected chi connectivity index (χ3v) is 2.84. The molecule has 0 heterocycles. The van der Waals surface area contributed by atoms with E-state index in [-0.39, 0.29) is 0 Å². The van der Waals surface area contributed by atoms with Crippen LogP contribution in [0.2, 0.25) is 0 Å². The smallest absolute Gasteiger partial charge is 0.00688 e. The minimum atomic E-state index is 0.355. The van der Waals surface area contributed by atoms with Crippen LogP contribution in [0.25, 0.3) is 0 Å². The predicted molar refractivity (Wildman–Crippen MR) is 53.0 cm³/mol. The molecule has 1 rings (SSSR count). The highest BCUT2D eigenvalue weighted by Crippen LogP contribution is 2.17. The van der Waals surface area contributed by atoms with E-state index in [0.717, 1.165) is 6.42 Å². The lowest BCUT2D eigenvalue weighted by atomic mass is 10.1. The Bertz CT molecular complexity index is 227. The zero-order chi connectivity index (χ0) is 8.10. The second-order valence-corrected chi connectivity index (χ2v) is 3.58. The molecule has 2 N–H and O–H groups in total. The van der Waals surface area contributed by atoms with Crippen LogP contribution >= 0.6 is 19.2 Å². The fourth-order valence-corrected chi connectivity index (χ4v) is 2.03. The third kappa shape index (κ3) is 2.44. The Morgan fingerprint density at radius 1 is 1.36 bits per heavy atom. The van der Waals surface area contributed by atoms with E-state index < -0.39 is 0 Å². The van der Waals surface area contributed by atoms with Crippen molar-refractivity contribution in [3.8, 4) is 0 Å². The Labute approximate surface area is 73.5 Å². The fraction of sp³-hybridized carbons (Fsp3) is 0.250. The van der Waals surface area contributed by atoms with Gasteiger partial charge in [-0.15, -0.1) is 0 Å². The largest absolute Gasteiger partial charge is 0.330 e. The molecule has 1 aromatic rings. The van der Waals surface area contributed by atoms with E-state index >= 15 is 0 Å². The standard InChI is InChI=1S/C8H11ClNP/c9-11-8-4-2-1-3-7(8)5-6-10/h1-4,11H,5-6,10H2. The molecule has 0 aliphatic rings. The maximum Gasteiger partial charge on any atom is 0.00688 e. The van der Waals surface area contributed by atoms with Crippen molar-refractivity contribution in [1.82, 2.24) is 0 Å². The van der Waals surface area contributed by atoms with Gasteiger partial charge >= 0.3 is 0 Å². The quantitative estimate of drug-likeness (QED) is 0.716. The highest BCUT2D eigenvalue weighted by Gasteiger charge is 1.97. The van der Waals surface area contributed by atoms with Gasteiger partial charge in [0.1, 0.15) is 0 Å². The molecule has 0 radical (unpaired) electrons. The molecular weight excluding hydrogens is 177 g/mol. The van der Waals surface area contributed by atoms with Gasteiger partial charge in [0.15, 0.2) is 0 Å². The molecule has 0 amide bonds. The van der Waals surface area contributed by atoms with Crippen molar-refractivity contribution < 1.29 is 0 Å². The highest BCUT2D eigenvalue weighted by molar-refractivity contribution is 7.75. The van der Waals surface area contributed by atoms with Gasteiger partial charge in [0, 0.05) is 7.93 Å². The van der Waals surface area contributed by atoms with Crippen molar-refractivity contribution in [1.29, 1.82) is 0 Å². The molecule has 0 aliphatic heterocycles. The van der Waals surface area contributed by atoms with Crippen LogP contribution in [-0.4, -0.2) is 6.54 Å². The van der Waals surface area contributed by atoms with Gasteiger partial charge in [0.25, 0.3) is 0 Å². The van der Waals surface area contributed by atoms with Gasteiger partial charge in [0.05, 0.1) is 0 Å². The summed E-state index contributed by atoms with van der Waals surface area (Å²) in [6.45, 7) is 0.693. The van der Waals surface area contributed by atoms with E-state index in [1.165, 1.54) is 10.9 Å². The number of hydrogen-bond donors (Lipinski definition) is 1. The Morgan fingerprint density at radius 2 is 2.09 bits per heavy atom. The maximum atomic E-state index is 5.75. The summed E-state index contributed by atoms with van der Waals surface area (Å²) in [7, 11) is 0.355. The molecule has 1 atom stereocenters. The van der Waals surface area contributed by atoms with Crippen LogP contribution < -0.4 is 11.0 Å². The van der Waals surface area contributed by atoms with Crippen molar-refractivity contribution in [2.24, 2.45) is 5.73 Å². The Balaban J connectivity index is 2.83. The van der Waals surface area contributed by atoms with Gasteiger partial charge in [0.2, 0.25) is 0 Å². The summed E-state index contributed by atoms with van der Waals surface area (Å²) >= 11 is 5.75. The summed E-state index contributed by atoms with van der Waals surface area (Å²) in [5, 5.41) is 1.22. The molecule has 3 heteroatoms. The van der Waals surface area contributed by atoms with Crippen LogP contribution in [0.4, 0.5) is 0 Å². The van der Waals surface area contributed by atoms with E-state index in [4.69, 9.17) is 17.0 Å². The molecule has 0 aliphatic carbocycles. The SMILES string of the molecule is NCCc1ccccc1PCl. The minimum absolute atomic E-state index is 0.355. The first-order chi connectivity index (χ1) is 5.38. The van der Waals surface area contributed by atoms with Gasteiger partial charge in [-0.3, -0.25) is 0 Å². The van der Waals surface area contributed by atoms with Crippen LogP contribution in [-0.2, 0) is 6.42 Å². The van der Waals surface area contributed by atoms with Crippen molar-refractivity contribution in [3.05, 3.63) is 29.8 Å². The summed E-state index contributed by atoms with van der Waals surface area (Å²) in [6.07, 6.45) is 0.926. The monoisotopic (exact) mass is 187 g/mol. The molecule has 0 fully saturated rings. The van der Waals surface area contributed by atoms with Crippen LogP contribution in [0.15, 0.2) is 24.3 Å². The molecule has 0 saturated heterocycles. The number of nitrogens with two attached hydrogens (primary N) is 1. The van der Waals surface area contributed by atoms with Crippen LogP contribution in [0.3, 0.4) is 0 Å². The van der Waals surface area contributed by atoms with E-state index in [2.05, 4.69) is 12.1 Å². The Morgan fingerprint density at radius 3 is 2.73 bits per heavy atom. The Kier molecular flexibility index (Phi) is 3.85. The number of halogens is 1. The molecule has 1 nitrogen and oxygen atoms in total. The predicted octanol–water partition coefficient (Wildman–Crippen LogP) is 1.65. The van der Waals surface area contributed by atoms with Gasteiger partial charge in [-0.25, -0.2) is 0 Å².